The molecule has 0 bridgehead atoms. The minimum atomic E-state index is -4.47. The molecule has 2 aromatic carbocycles. The fraction of sp³-hybridized carbons (Fsp3) is 0.214. The van der Waals surface area contributed by atoms with E-state index in [4.69, 9.17) is 33.7 Å². The number of alkyl halides is 3. The van der Waals surface area contributed by atoms with Crippen molar-refractivity contribution in [2.45, 2.75) is 31.5 Å². The highest BCUT2D eigenvalue weighted by atomic mass is 35.5. The number of nitrogens with zero attached hydrogens (tertiary/aromatic N) is 3. The van der Waals surface area contributed by atoms with Crippen molar-refractivity contribution < 1.29 is 27.5 Å². The van der Waals surface area contributed by atoms with Crippen molar-refractivity contribution in [1.29, 1.82) is 0 Å². The topological polar surface area (TPSA) is 112 Å². The van der Waals surface area contributed by atoms with Gasteiger partial charge in [-0.25, -0.2) is 4.68 Å². The van der Waals surface area contributed by atoms with Crippen LogP contribution in [0.15, 0.2) is 73.1 Å². The highest BCUT2D eigenvalue weighted by Crippen LogP contribution is 2.30. The summed E-state index contributed by atoms with van der Waals surface area (Å²) in [4.78, 5) is 28.5. The zero-order valence-electron chi connectivity index (χ0n) is 21.4. The van der Waals surface area contributed by atoms with Gasteiger partial charge < -0.3 is 15.8 Å². The van der Waals surface area contributed by atoms with Gasteiger partial charge in [-0.15, -0.1) is 0 Å². The Morgan fingerprint density at radius 3 is 2.44 bits per heavy atom. The zero-order chi connectivity index (χ0) is 29.6. The monoisotopic (exact) mass is 605 g/mol. The lowest BCUT2D eigenvalue weighted by molar-refractivity contribution is -0.137. The van der Waals surface area contributed by atoms with Crippen LogP contribution in [0, 0.1) is 0 Å². The maximum Gasteiger partial charge on any atom is 0.416 e. The van der Waals surface area contributed by atoms with Crippen LogP contribution in [0.2, 0.25) is 10.0 Å². The Labute approximate surface area is 243 Å². The second-order valence-corrected chi connectivity index (χ2v) is 9.81. The molecule has 0 aliphatic rings. The van der Waals surface area contributed by atoms with E-state index in [2.05, 4.69) is 15.4 Å². The summed E-state index contributed by atoms with van der Waals surface area (Å²) in [5.41, 5.74) is 7.00. The van der Waals surface area contributed by atoms with Crippen molar-refractivity contribution >= 4 is 35.0 Å². The molecule has 41 heavy (non-hydrogen) atoms. The quantitative estimate of drug-likeness (QED) is 0.215. The number of hydrogen-bond acceptors (Lipinski definition) is 5. The molecule has 8 nitrogen and oxygen atoms in total. The maximum atomic E-state index is 12.8. The summed E-state index contributed by atoms with van der Waals surface area (Å²) >= 11 is 12.3. The number of aromatic nitrogens is 3. The number of nitrogens with two attached hydrogens (primary N) is 1. The van der Waals surface area contributed by atoms with Crippen LogP contribution in [-0.4, -0.2) is 39.2 Å². The lowest BCUT2D eigenvalue weighted by atomic mass is 10.0. The molecule has 1 atom stereocenters. The Morgan fingerprint density at radius 1 is 1.05 bits per heavy atom. The zero-order valence-corrected chi connectivity index (χ0v) is 22.9. The maximum absolute atomic E-state index is 12.8. The third-order valence-electron chi connectivity index (χ3n) is 5.98. The molecule has 0 aliphatic carbocycles. The predicted octanol–water partition coefficient (Wildman–Crippen LogP) is 5.63. The van der Waals surface area contributed by atoms with Gasteiger partial charge in [-0.3, -0.25) is 14.6 Å². The molecule has 0 spiro atoms. The normalized spacial score (nSPS) is 12.1. The highest BCUT2D eigenvalue weighted by molar-refractivity contribution is 6.42. The van der Waals surface area contributed by atoms with E-state index < -0.39 is 29.6 Å². The molecule has 0 aliphatic heterocycles. The van der Waals surface area contributed by atoms with Gasteiger partial charge in [0.25, 0.3) is 0 Å². The number of rotatable bonds is 11. The Morgan fingerprint density at radius 2 is 1.80 bits per heavy atom. The molecule has 0 radical (unpaired) electrons. The number of ether oxygens (including phenoxy) is 1. The second kappa shape index (κ2) is 13.0. The molecule has 2 heterocycles. The van der Waals surface area contributed by atoms with Crippen LogP contribution in [-0.2, 0) is 22.2 Å². The molecule has 4 rings (SSSR count). The van der Waals surface area contributed by atoms with Crippen LogP contribution < -0.4 is 15.8 Å². The van der Waals surface area contributed by atoms with E-state index in [1.54, 1.807) is 47.4 Å². The molecule has 214 valence electrons. The van der Waals surface area contributed by atoms with Crippen molar-refractivity contribution in [3.8, 4) is 22.8 Å². The lowest BCUT2D eigenvalue weighted by Crippen LogP contribution is -2.45. The number of pyridine rings is 1. The summed E-state index contributed by atoms with van der Waals surface area (Å²) in [6, 6.07) is 13.6. The van der Waals surface area contributed by atoms with Gasteiger partial charge in [0.2, 0.25) is 17.7 Å². The molecule has 13 heteroatoms. The fourth-order valence-electron chi connectivity index (χ4n) is 3.89. The largest absolute Gasteiger partial charge is 0.478 e. The van der Waals surface area contributed by atoms with Gasteiger partial charge in [0, 0.05) is 36.9 Å². The third kappa shape index (κ3) is 7.99. The summed E-state index contributed by atoms with van der Waals surface area (Å²) in [5, 5.41) is 7.87. The second-order valence-electron chi connectivity index (χ2n) is 8.99. The van der Waals surface area contributed by atoms with E-state index in [1.807, 2.05) is 6.07 Å². The van der Waals surface area contributed by atoms with E-state index in [1.165, 1.54) is 12.1 Å². The first kappa shape index (κ1) is 29.9. The number of carbonyl (C=O) groups is 2. The smallest absolute Gasteiger partial charge is 0.416 e. The summed E-state index contributed by atoms with van der Waals surface area (Å²) in [6.45, 7) is 0.132. The Bertz CT molecular complexity index is 1510. The molecule has 0 unspecified atom stereocenters. The molecule has 0 saturated heterocycles. The number of benzene rings is 2. The number of halogens is 5. The average Bonchev–Trinajstić information content (AvgIpc) is 3.37. The molecule has 0 saturated carbocycles. The standard InChI is InChI=1S/C28H24Cl2F3N5O3/c29-21-10-9-20(14-22(21)30)38-26(15-23(37-38)18-3-1-11-35-16-18)41-12-2-4-25(39)36-24(27(34)40)13-17-5-7-19(8-6-17)28(31,32)33/h1,3,5-11,14-16,24H,2,4,12-13H2,(H2,34,40)(H,36,39)/t24-/m0/s1. The molecule has 4 aromatic rings. The molecule has 2 amide bonds. The first-order valence-corrected chi connectivity index (χ1v) is 13.1. The van der Waals surface area contributed by atoms with Crippen molar-refractivity contribution in [2.75, 3.05) is 6.61 Å². The van der Waals surface area contributed by atoms with Crippen LogP contribution in [0.1, 0.15) is 24.0 Å². The van der Waals surface area contributed by atoms with Crippen molar-refractivity contribution in [2.24, 2.45) is 5.73 Å². The first-order chi connectivity index (χ1) is 19.5. The SMILES string of the molecule is NC(=O)[C@H](Cc1ccc(C(F)(F)F)cc1)NC(=O)CCCOc1cc(-c2cccnc2)nn1-c1ccc(Cl)c(Cl)c1. The van der Waals surface area contributed by atoms with Gasteiger partial charge in [-0.05, 0) is 54.4 Å². The van der Waals surface area contributed by atoms with Crippen LogP contribution in [0.25, 0.3) is 16.9 Å². The summed E-state index contributed by atoms with van der Waals surface area (Å²) in [5.74, 6) is -0.874. The van der Waals surface area contributed by atoms with Gasteiger partial charge in [0.15, 0.2) is 0 Å². The van der Waals surface area contributed by atoms with E-state index in [0.29, 0.717) is 32.9 Å². The molecular weight excluding hydrogens is 582 g/mol. The van der Waals surface area contributed by atoms with Crippen LogP contribution in [0.4, 0.5) is 13.2 Å². The van der Waals surface area contributed by atoms with Gasteiger partial charge in [-0.1, -0.05) is 35.3 Å². The number of carbonyl (C=O) groups excluding carboxylic acids is 2. The van der Waals surface area contributed by atoms with Crippen molar-refractivity contribution in [3.05, 3.63) is 94.2 Å². The van der Waals surface area contributed by atoms with E-state index >= 15 is 0 Å². The molecular formula is C28H24Cl2F3N5O3. The van der Waals surface area contributed by atoms with E-state index in [0.717, 1.165) is 17.7 Å². The third-order valence-corrected chi connectivity index (χ3v) is 6.72. The lowest BCUT2D eigenvalue weighted by Gasteiger charge is -2.16. The van der Waals surface area contributed by atoms with Gasteiger partial charge in [0.1, 0.15) is 6.04 Å². The summed E-state index contributed by atoms with van der Waals surface area (Å²) < 4.78 is 45.9. The summed E-state index contributed by atoms with van der Waals surface area (Å²) in [7, 11) is 0. The Kier molecular flexibility index (Phi) is 9.51. The number of hydrogen-bond donors (Lipinski definition) is 2. The van der Waals surface area contributed by atoms with Crippen molar-refractivity contribution in [1.82, 2.24) is 20.1 Å². The number of nitrogens with one attached hydrogen (secondary N) is 1. The summed E-state index contributed by atoms with van der Waals surface area (Å²) in [6.07, 6.45) is -0.920. The first-order valence-electron chi connectivity index (χ1n) is 12.3. The molecule has 3 N–H and O–H groups in total. The van der Waals surface area contributed by atoms with E-state index in [9.17, 15) is 22.8 Å². The minimum Gasteiger partial charge on any atom is -0.478 e. The van der Waals surface area contributed by atoms with Crippen LogP contribution >= 0.6 is 23.2 Å². The minimum absolute atomic E-state index is 0.00711. The Hall–Kier alpha value is -4.09. The van der Waals surface area contributed by atoms with Gasteiger partial charge in [-0.2, -0.15) is 18.3 Å². The highest BCUT2D eigenvalue weighted by Gasteiger charge is 2.30. The molecule has 2 aromatic heterocycles. The predicted molar refractivity (Wildman–Crippen MR) is 148 cm³/mol. The fourth-order valence-corrected chi connectivity index (χ4v) is 4.18. The van der Waals surface area contributed by atoms with Gasteiger partial charge in [0.05, 0.1) is 33.6 Å². The number of amides is 2. The number of primary amides is 1. The molecule has 0 fully saturated rings. The Balaban J connectivity index is 1.37. The average molecular weight is 606 g/mol. The van der Waals surface area contributed by atoms with Gasteiger partial charge >= 0.3 is 6.18 Å². The van der Waals surface area contributed by atoms with E-state index in [-0.39, 0.29) is 25.9 Å². The van der Waals surface area contributed by atoms with Crippen molar-refractivity contribution in [3.63, 3.8) is 0 Å². The van der Waals surface area contributed by atoms with Crippen LogP contribution in [0.3, 0.4) is 0 Å². The van der Waals surface area contributed by atoms with Crippen LogP contribution in [0.5, 0.6) is 5.88 Å².